The summed E-state index contributed by atoms with van der Waals surface area (Å²) in [5, 5.41) is 2.84. The number of hydrogen-bond donors (Lipinski definition) is 1. The van der Waals surface area contributed by atoms with Crippen LogP contribution in [-0.4, -0.2) is 44.2 Å². The van der Waals surface area contributed by atoms with Gasteiger partial charge in [0.05, 0.1) is 37.8 Å². The molecule has 0 aliphatic rings. The second-order valence-corrected chi connectivity index (χ2v) is 6.62. The Balaban J connectivity index is 1.61. The number of para-hydroxylation sites is 2. The first-order chi connectivity index (χ1) is 13.1. The van der Waals surface area contributed by atoms with E-state index >= 15 is 0 Å². The van der Waals surface area contributed by atoms with Gasteiger partial charge in [-0.3, -0.25) is 4.79 Å². The zero-order chi connectivity index (χ0) is 19.5. The number of amides is 1. The first kappa shape index (κ1) is 20.6. The van der Waals surface area contributed by atoms with Crippen molar-refractivity contribution in [1.29, 1.82) is 0 Å². The van der Waals surface area contributed by atoms with Crippen LogP contribution in [0.25, 0.3) is 0 Å². The third-order valence-electron chi connectivity index (χ3n) is 3.59. The molecule has 0 aromatic heterocycles. The fraction of sp³-hybridized carbons (Fsp3) is 0.300. The lowest BCUT2D eigenvalue weighted by Gasteiger charge is -2.10. The van der Waals surface area contributed by atoms with Gasteiger partial charge < -0.3 is 19.5 Å². The van der Waals surface area contributed by atoms with Crippen molar-refractivity contribution in [2.75, 3.05) is 37.6 Å². The fourth-order valence-corrected chi connectivity index (χ4v) is 2.98. The van der Waals surface area contributed by atoms with Crippen LogP contribution in [0, 0.1) is 0 Å². The van der Waals surface area contributed by atoms with Gasteiger partial charge in [-0.1, -0.05) is 12.1 Å². The number of hydrogen-bond acceptors (Lipinski definition) is 6. The molecule has 0 aliphatic heterocycles. The highest BCUT2D eigenvalue weighted by molar-refractivity contribution is 7.99. The number of methoxy groups -OCH3 is 2. The molecular weight excluding hydrogens is 366 g/mol. The van der Waals surface area contributed by atoms with E-state index in [0.717, 1.165) is 12.2 Å². The molecule has 27 heavy (non-hydrogen) atoms. The first-order valence-corrected chi connectivity index (χ1v) is 9.61. The van der Waals surface area contributed by atoms with Crippen molar-refractivity contribution in [1.82, 2.24) is 0 Å². The van der Waals surface area contributed by atoms with Crippen molar-refractivity contribution in [3.05, 3.63) is 54.1 Å². The molecule has 0 saturated carbocycles. The molecule has 0 atom stereocenters. The summed E-state index contributed by atoms with van der Waals surface area (Å²) in [7, 11) is 2.92. The van der Waals surface area contributed by atoms with Gasteiger partial charge in [-0.15, -0.1) is 0 Å². The molecule has 6 nitrogen and oxygen atoms in total. The van der Waals surface area contributed by atoms with E-state index in [1.165, 1.54) is 7.11 Å². The van der Waals surface area contributed by atoms with E-state index in [-0.39, 0.29) is 11.9 Å². The molecular formula is C20H23NO5S. The van der Waals surface area contributed by atoms with Gasteiger partial charge in [0.1, 0.15) is 11.5 Å². The Morgan fingerprint density at radius 1 is 1.04 bits per heavy atom. The molecule has 0 spiro atoms. The van der Waals surface area contributed by atoms with Crippen LogP contribution in [0.5, 0.6) is 11.5 Å². The summed E-state index contributed by atoms with van der Waals surface area (Å²) >= 11 is 1.54. The Morgan fingerprint density at radius 2 is 1.78 bits per heavy atom. The van der Waals surface area contributed by atoms with Crippen LogP contribution in [0.2, 0.25) is 0 Å². The average Bonchev–Trinajstić information content (AvgIpc) is 2.70. The smallest absolute Gasteiger partial charge is 0.337 e. The molecule has 0 unspecified atom stereocenters. The predicted octanol–water partition coefficient (Wildman–Crippen LogP) is 3.62. The third kappa shape index (κ3) is 6.86. The van der Waals surface area contributed by atoms with Gasteiger partial charge in [0.25, 0.3) is 0 Å². The minimum atomic E-state index is -0.371. The Kier molecular flexibility index (Phi) is 8.51. The number of ether oxygens (including phenoxy) is 3. The van der Waals surface area contributed by atoms with Crippen molar-refractivity contribution in [3.8, 4) is 11.5 Å². The summed E-state index contributed by atoms with van der Waals surface area (Å²) < 4.78 is 15.5. The predicted molar refractivity (Wildman–Crippen MR) is 107 cm³/mol. The highest BCUT2D eigenvalue weighted by Gasteiger charge is 2.07. The Hall–Kier alpha value is -2.67. The largest absolute Gasteiger partial charge is 0.495 e. The van der Waals surface area contributed by atoms with Crippen molar-refractivity contribution in [3.63, 3.8) is 0 Å². The monoisotopic (exact) mass is 389 g/mol. The molecule has 144 valence electrons. The summed E-state index contributed by atoms with van der Waals surface area (Å²) in [5.74, 6) is 2.07. The Labute approximate surface area is 163 Å². The van der Waals surface area contributed by atoms with E-state index in [9.17, 15) is 9.59 Å². The van der Waals surface area contributed by atoms with Crippen LogP contribution in [-0.2, 0) is 9.53 Å². The van der Waals surface area contributed by atoms with Crippen LogP contribution in [0.4, 0.5) is 5.69 Å². The molecule has 0 fully saturated rings. The zero-order valence-corrected chi connectivity index (χ0v) is 16.2. The number of esters is 1. The molecule has 0 saturated heterocycles. The van der Waals surface area contributed by atoms with Crippen LogP contribution >= 0.6 is 11.8 Å². The highest BCUT2D eigenvalue weighted by atomic mass is 32.2. The highest BCUT2D eigenvalue weighted by Crippen LogP contribution is 2.23. The maximum absolute atomic E-state index is 12.0. The molecule has 2 aromatic carbocycles. The summed E-state index contributed by atoms with van der Waals surface area (Å²) in [4.78, 5) is 23.3. The number of carbonyl (C=O) groups excluding carboxylic acids is 2. The van der Waals surface area contributed by atoms with Gasteiger partial charge in [-0.05, 0) is 48.6 Å². The molecule has 1 amide bonds. The SMILES string of the molecule is COC(=O)c1ccc(OCCCSCC(=O)Nc2ccccc2OC)cc1. The van der Waals surface area contributed by atoms with Gasteiger partial charge >= 0.3 is 5.97 Å². The average molecular weight is 389 g/mol. The fourth-order valence-electron chi connectivity index (χ4n) is 2.26. The van der Waals surface area contributed by atoms with Gasteiger partial charge in [-0.25, -0.2) is 4.79 Å². The quantitative estimate of drug-likeness (QED) is 0.494. The lowest BCUT2D eigenvalue weighted by Crippen LogP contribution is -2.15. The number of carbonyl (C=O) groups is 2. The standard InChI is InChI=1S/C20H23NO5S/c1-24-18-7-4-3-6-17(18)21-19(22)14-27-13-5-12-26-16-10-8-15(9-11-16)20(23)25-2/h3-4,6-11H,5,12-14H2,1-2H3,(H,21,22). The van der Waals surface area contributed by atoms with Crippen molar-refractivity contribution in [2.45, 2.75) is 6.42 Å². The lowest BCUT2D eigenvalue weighted by atomic mass is 10.2. The van der Waals surface area contributed by atoms with E-state index in [1.807, 2.05) is 12.1 Å². The number of nitrogens with one attached hydrogen (secondary N) is 1. The number of benzene rings is 2. The van der Waals surface area contributed by atoms with Crippen molar-refractivity contribution < 1.29 is 23.8 Å². The summed E-state index contributed by atoms with van der Waals surface area (Å²) in [6, 6.07) is 14.1. The molecule has 0 heterocycles. The van der Waals surface area contributed by atoms with E-state index in [1.54, 1.807) is 55.3 Å². The molecule has 2 aromatic rings. The van der Waals surface area contributed by atoms with E-state index < -0.39 is 0 Å². The van der Waals surface area contributed by atoms with E-state index in [0.29, 0.717) is 35.1 Å². The van der Waals surface area contributed by atoms with Crippen molar-refractivity contribution >= 4 is 29.3 Å². The van der Waals surface area contributed by atoms with Crippen LogP contribution in [0.15, 0.2) is 48.5 Å². The minimum Gasteiger partial charge on any atom is -0.495 e. The second-order valence-electron chi connectivity index (χ2n) is 5.52. The maximum atomic E-state index is 12.0. The van der Waals surface area contributed by atoms with Gasteiger partial charge in [0.15, 0.2) is 0 Å². The topological polar surface area (TPSA) is 73.9 Å². The molecule has 0 aliphatic carbocycles. The Morgan fingerprint density at radius 3 is 2.48 bits per heavy atom. The molecule has 0 radical (unpaired) electrons. The molecule has 0 bridgehead atoms. The molecule has 7 heteroatoms. The zero-order valence-electron chi connectivity index (χ0n) is 15.4. The van der Waals surface area contributed by atoms with Crippen molar-refractivity contribution in [2.24, 2.45) is 0 Å². The minimum absolute atomic E-state index is 0.0659. The van der Waals surface area contributed by atoms with Gasteiger partial charge in [-0.2, -0.15) is 11.8 Å². The third-order valence-corrected chi connectivity index (χ3v) is 4.64. The first-order valence-electron chi connectivity index (χ1n) is 8.46. The number of rotatable bonds is 10. The van der Waals surface area contributed by atoms with E-state index in [2.05, 4.69) is 10.1 Å². The maximum Gasteiger partial charge on any atom is 0.337 e. The van der Waals surface area contributed by atoms with Crippen LogP contribution in [0.3, 0.4) is 0 Å². The second kappa shape index (κ2) is 11.1. The summed E-state index contributed by atoms with van der Waals surface area (Å²) in [6.07, 6.45) is 0.811. The van der Waals surface area contributed by atoms with Gasteiger partial charge in [0.2, 0.25) is 5.91 Å². The Bertz CT molecular complexity index is 748. The van der Waals surface area contributed by atoms with Crippen LogP contribution < -0.4 is 14.8 Å². The number of thioether (sulfide) groups is 1. The van der Waals surface area contributed by atoms with Crippen LogP contribution in [0.1, 0.15) is 16.8 Å². The normalized spacial score (nSPS) is 10.1. The molecule has 2 rings (SSSR count). The summed E-state index contributed by atoms with van der Waals surface area (Å²) in [6.45, 7) is 0.540. The lowest BCUT2D eigenvalue weighted by molar-refractivity contribution is -0.113. The van der Waals surface area contributed by atoms with Gasteiger partial charge in [0, 0.05) is 0 Å². The van der Waals surface area contributed by atoms with E-state index in [4.69, 9.17) is 9.47 Å². The number of anilines is 1. The molecule has 1 N–H and O–H groups in total. The summed E-state index contributed by atoms with van der Waals surface area (Å²) in [5.41, 5.74) is 1.16.